The van der Waals surface area contributed by atoms with Crippen molar-refractivity contribution in [1.29, 1.82) is 0 Å². The molecule has 10 heteroatoms. The van der Waals surface area contributed by atoms with Crippen LogP contribution in [0.5, 0.6) is 0 Å². The number of carbonyl (C=O) groups excluding carboxylic acids is 2. The molecular weight excluding hydrogens is 362 g/mol. The Hall–Kier alpha value is -2.72. The first kappa shape index (κ1) is 19.6. The molecule has 9 nitrogen and oxygen atoms in total. The summed E-state index contributed by atoms with van der Waals surface area (Å²) in [4.78, 5) is 23.3. The number of nitrogens with zero attached hydrogens (tertiary/aromatic N) is 2. The Kier molecular flexibility index (Phi) is 6.47. The number of esters is 2. The number of hydrogen-bond acceptors (Lipinski definition) is 7. The van der Waals surface area contributed by atoms with Gasteiger partial charge in [0.1, 0.15) is 0 Å². The summed E-state index contributed by atoms with van der Waals surface area (Å²) in [5, 5.41) is 4.03. The number of aryl methyl sites for hydroxylation is 1. The lowest BCUT2D eigenvalue weighted by molar-refractivity contribution is 0.0598. The van der Waals surface area contributed by atoms with E-state index in [1.807, 2.05) is 0 Å². The van der Waals surface area contributed by atoms with Gasteiger partial charge < -0.3 is 9.47 Å². The maximum absolute atomic E-state index is 12.5. The lowest BCUT2D eigenvalue weighted by Gasteiger charge is -2.10. The van der Waals surface area contributed by atoms with E-state index in [9.17, 15) is 18.0 Å². The van der Waals surface area contributed by atoms with Crippen LogP contribution in [0, 0.1) is 0 Å². The zero-order valence-electron chi connectivity index (χ0n) is 14.3. The van der Waals surface area contributed by atoms with Gasteiger partial charge in [0.2, 0.25) is 10.0 Å². The van der Waals surface area contributed by atoms with E-state index < -0.39 is 22.0 Å². The average molecular weight is 381 g/mol. The van der Waals surface area contributed by atoms with E-state index in [4.69, 9.17) is 0 Å². The molecule has 0 amide bonds. The maximum atomic E-state index is 12.5. The molecule has 1 N–H and O–H groups in total. The number of carbonyl (C=O) groups is 2. The Morgan fingerprint density at radius 2 is 1.73 bits per heavy atom. The van der Waals surface area contributed by atoms with Crippen LogP contribution >= 0.6 is 0 Å². The van der Waals surface area contributed by atoms with Crippen molar-refractivity contribution in [1.82, 2.24) is 14.5 Å². The molecule has 0 saturated carbocycles. The van der Waals surface area contributed by atoms with Gasteiger partial charge in [-0.25, -0.2) is 22.7 Å². The van der Waals surface area contributed by atoms with Crippen molar-refractivity contribution in [3.8, 4) is 0 Å². The van der Waals surface area contributed by atoms with E-state index in [2.05, 4.69) is 19.3 Å². The second-order valence-corrected chi connectivity index (χ2v) is 7.02. The summed E-state index contributed by atoms with van der Waals surface area (Å²) in [5.74, 6) is -1.52. The first-order valence-electron chi connectivity index (χ1n) is 7.66. The summed E-state index contributed by atoms with van der Waals surface area (Å²) in [6.45, 7) is 0.712. The molecule has 2 aromatic rings. The molecule has 0 unspecified atom stereocenters. The third-order valence-electron chi connectivity index (χ3n) is 3.47. The summed E-state index contributed by atoms with van der Waals surface area (Å²) >= 11 is 0. The largest absolute Gasteiger partial charge is 0.465 e. The summed E-state index contributed by atoms with van der Waals surface area (Å²) in [6, 6.07) is 5.29. The highest BCUT2D eigenvalue weighted by Crippen LogP contribution is 2.17. The SMILES string of the molecule is COC(=O)c1cc(C(=O)OC)cc(S(=O)(=O)NCCCn2cccn2)c1. The molecule has 0 radical (unpaired) electrons. The molecule has 0 spiro atoms. The highest BCUT2D eigenvalue weighted by molar-refractivity contribution is 7.89. The van der Waals surface area contributed by atoms with Crippen LogP contribution in [0.15, 0.2) is 41.6 Å². The first-order valence-corrected chi connectivity index (χ1v) is 9.14. The highest BCUT2D eigenvalue weighted by atomic mass is 32.2. The van der Waals surface area contributed by atoms with Crippen LogP contribution in [0.2, 0.25) is 0 Å². The number of aromatic nitrogens is 2. The highest BCUT2D eigenvalue weighted by Gasteiger charge is 2.20. The van der Waals surface area contributed by atoms with Crippen LogP contribution in [-0.2, 0) is 26.0 Å². The van der Waals surface area contributed by atoms with E-state index in [0.29, 0.717) is 13.0 Å². The molecule has 0 fully saturated rings. The molecule has 0 aliphatic heterocycles. The van der Waals surface area contributed by atoms with Crippen molar-refractivity contribution in [2.24, 2.45) is 0 Å². The smallest absolute Gasteiger partial charge is 0.337 e. The van der Waals surface area contributed by atoms with Gasteiger partial charge in [0.05, 0.1) is 30.2 Å². The van der Waals surface area contributed by atoms with Gasteiger partial charge in [0.25, 0.3) is 0 Å². The van der Waals surface area contributed by atoms with E-state index >= 15 is 0 Å². The number of ether oxygens (including phenoxy) is 2. The van der Waals surface area contributed by atoms with Gasteiger partial charge in [0.15, 0.2) is 0 Å². The van der Waals surface area contributed by atoms with Crippen molar-refractivity contribution in [3.63, 3.8) is 0 Å². The van der Waals surface area contributed by atoms with Crippen molar-refractivity contribution in [3.05, 3.63) is 47.8 Å². The molecule has 2 rings (SSSR count). The molecule has 0 saturated heterocycles. The van der Waals surface area contributed by atoms with Gasteiger partial charge in [-0.15, -0.1) is 0 Å². The third-order valence-corrected chi connectivity index (χ3v) is 4.91. The minimum atomic E-state index is -3.93. The minimum absolute atomic E-state index is 0.0627. The first-order chi connectivity index (χ1) is 12.4. The average Bonchev–Trinajstić information content (AvgIpc) is 3.17. The van der Waals surface area contributed by atoms with Crippen molar-refractivity contribution >= 4 is 22.0 Å². The molecule has 0 atom stereocenters. The van der Waals surface area contributed by atoms with Gasteiger partial charge in [-0.2, -0.15) is 5.10 Å². The van der Waals surface area contributed by atoms with Crippen LogP contribution in [0.25, 0.3) is 0 Å². The second kappa shape index (κ2) is 8.59. The fourth-order valence-electron chi connectivity index (χ4n) is 2.19. The monoisotopic (exact) mass is 381 g/mol. The molecule has 0 aliphatic rings. The van der Waals surface area contributed by atoms with Crippen LogP contribution in [-0.4, -0.2) is 50.9 Å². The maximum Gasteiger partial charge on any atom is 0.337 e. The normalized spacial score (nSPS) is 11.2. The topological polar surface area (TPSA) is 117 Å². The van der Waals surface area contributed by atoms with Gasteiger partial charge in [0, 0.05) is 25.5 Å². The zero-order chi connectivity index (χ0) is 19.2. The van der Waals surface area contributed by atoms with Gasteiger partial charge >= 0.3 is 11.9 Å². The van der Waals surface area contributed by atoms with Gasteiger partial charge in [-0.05, 0) is 30.7 Å². The fourth-order valence-corrected chi connectivity index (χ4v) is 3.33. The molecule has 0 aliphatic carbocycles. The number of rotatable bonds is 8. The van der Waals surface area contributed by atoms with Crippen LogP contribution < -0.4 is 4.72 Å². The zero-order valence-corrected chi connectivity index (χ0v) is 15.2. The van der Waals surface area contributed by atoms with Crippen LogP contribution in [0.1, 0.15) is 27.1 Å². The van der Waals surface area contributed by atoms with Gasteiger partial charge in [-0.3, -0.25) is 4.68 Å². The van der Waals surface area contributed by atoms with E-state index in [-0.39, 0.29) is 22.6 Å². The molecular formula is C16H19N3O6S. The van der Waals surface area contributed by atoms with Crippen molar-refractivity contribution in [2.75, 3.05) is 20.8 Å². The van der Waals surface area contributed by atoms with Gasteiger partial charge in [-0.1, -0.05) is 0 Å². The predicted octanol–water partition coefficient (Wildman–Crippen LogP) is 0.825. The Morgan fingerprint density at radius 1 is 1.12 bits per heavy atom. The second-order valence-electron chi connectivity index (χ2n) is 5.25. The molecule has 1 aromatic carbocycles. The Bertz CT molecular complexity index is 843. The Balaban J connectivity index is 2.17. The molecule has 1 heterocycles. The number of methoxy groups -OCH3 is 2. The Morgan fingerprint density at radius 3 is 2.23 bits per heavy atom. The number of nitrogens with one attached hydrogen (secondary N) is 1. The lowest BCUT2D eigenvalue weighted by Crippen LogP contribution is -2.26. The summed E-state index contributed by atoms with van der Waals surface area (Å²) in [7, 11) is -1.60. The van der Waals surface area contributed by atoms with E-state index in [0.717, 1.165) is 26.4 Å². The number of benzene rings is 1. The molecule has 0 bridgehead atoms. The molecule has 1 aromatic heterocycles. The summed E-state index contributed by atoms with van der Waals surface area (Å²) in [5.41, 5.74) is -0.125. The number of sulfonamides is 1. The minimum Gasteiger partial charge on any atom is -0.465 e. The van der Waals surface area contributed by atoms with Crippen LogP contribution in [0.4, 0.5) is 0 Å². The predicted molar refractivity (Wildman–Crippen MR) is 91.2 cm³/mol. The quantitative estimate of drug-likeness (QED) is 0.531. The third kappa shape index (κ3) is 4.90. The van der Waals surface area contributed by atoms with Crippen LogP contribution in [0.3, 0.4) is 0 Å². The molecule has 140 valence electrons. The van der Waals surface area contributed by atoms with Crippen molar-refractivity contribution < 1.29 is 27.5 Å². The lowest BCUT2D eigenvalue weighted by atomic mass is 10.1. The summed E-state index contributed by atoms with van der Waals surface area (Å²) < 4.78 is 38.3. The van der Waals surface area contributed by atoms with Crippen molar-refractivity contribution in [2.45, 2.75) is 17.9 Å². The summed E-state index contributed by atoms with van der Waals surface area (Å²) in [6.07, 6.45) is 3.93. The Labute approximate surface area is 151 Å². The van der Waals surface area contributed by atoms with E-state index in [1.165, 1.54) is 6.07 Å². The fraction of sp³-hybridized carbons (Fsp3) is 0.312. The van der Waals surface area contributed by atoms with E-state index in [1.54, 1.807) is 23.1 Å². The molecule has 26 heavy (non-hydrogen) atoms. The standard InChI is InChI=1S/C16H19N3O6S/c1-24-15(20)12-9-13(16(21)25-2)11-14(10-12)26(22,23)18-6-4-8-19-7-3-5-17-19/h3,5,7,9-11,18H,4,6,8H2,1-2H3. The number of hydrogen-bond donors (Lipinski definition) is 1.